The fourth-order valence-electron chi connectivity index (χ4n) is 6.32. The summed E-state index contributed by atoms with van der Waals surface area (Å²) in [7, 11) is -4.25. The van der Waals surface area contributed by atoms with Crippen LogP contribution in [0.15, 0.2) is 82.9 Å². The first-order valence-electron chi connectivity index (χ1n) is 16.6. The van der Waals surface area contributed by atoms with E-state index in [0.29, 0.717) is 5.56 Å². The molecule has 0 amide bonds. The maximum atomic E-state index is 13.1. The molecule has 282 valence electrons. The molecule has 3 aromatic heterocycles. The lowest BCUT2D eigenvalue weighted by molar-refractivity contribution is -0.0491. The number of hydrogen-bond donors (Lipinski definition) is 5. The van der Waals surface area contributed by atoms with Gasteiger partial charge in [0.1, 0.15) is 56.5 Å². The van der Waals surface area contributed by atoms with E-state index >= 15 is 0 Å². The highest BCUT2D eigenvalue weighted by Gasteiger charge is 2.50. The molecule has 20 nitrogen and oxygen atoms in total. The number of aromatic amines is 1. The highest BCUT2D eigenvalue weighted by molar-refractivity contribution is 7.59. The number of carbonyl (C=O) groups is 2. The van der Waals surface area contributed by atoms with Crippen LogP contribution in [0.1, 0.15) is 46.0 Å². The molecule has 2 aromatic carbocycles. The topological polar surface area (TPSA) is 284 Å². The number of fused-ring (bicyclic) bond motifs is 1. The Morgan fingerprint density at radius 2 is 1.50 bits per heavy atom. The lowest BCUT2D eigenvalue weighted by Gasteiger charge is -2.22. The van der Waals surface area contributed by atoms with Crippen molar-refractivity contribution in [1.29, 1.82) is 0 Å². The number of nitrogens with zero attached hydrogens (tertiary/aromatic N) is 6. The second-order valence-electron chi connectivity index (χ2n) is 12.6. The van der Waals surface area contributed by atoms with E-state index in [9.17, 15) is 29.0 Å². The van der Waals surface area contributed by atoms with Crippen molar-refractivity contribution in [3.8, 4) is 0 Å². The zero-order chi connectivity index (χ0) is 38.0. The highest BCUT2D eigenvalue weighted by atomic mass is 31.2. The van der Waals surface area contributed by atoms with Crippen molar-refractivity contribution < 1.29 is 42.8 Å². The zero-order valence-corrected chi connectivity index (χ0v) is 29.2. The van der Waals surface area contributed by atoms with E-state index in [1.54, 1.807) is 60.7 Å². The Kier molecular flexibility index (Phi) is 10.5. The molecule has 5 heterocycles. The van der Waals surface area contributed by atoms with Crippen molar-refractivity contribution in [3.05, 3.63) is 105 Å². The number of nitrogens with two attached hydrogens (primary N) is 2. The van der Waals surface area contributed by atoms with Crippen molar-refractivity contribution in [3.63, 3.8) is 0 Å². The molecular formula is C33H35N9O11P+. The summed E-state index contributed by atoms with van der Waals surface area (Å²) in [5.41, 5.74) is 10.7. The van der Waals surface area contributed by atoms with Gasteiger partial charge in [-0.15, -0.1) is 0 Å². The van der Waals surface area contributed by atoms with E-state index in [0.717, 1.165) is 10.9 Å². The van der Waals surface area contributed by atoms with E-state index in [1.807, 2.05) is 0 Å². The first-order valence-corrected chi connectivity index (χ1v) is 18.4. The number of H-pyrrole nitrogens is 1. The van der Waals surface area contributed by atoms with Gasteiger partial charge in [-0.2, -0.15) is 24.3 Å². The second-order valence-corrected chi connectivity index (χ2v) is 14.5. The molecule has 2 fully saturated rings. The van der Waals surface area contributed by atoms with Gasteiger partial charge < -0.3 is 30.4 Å². The number of anilines is 2. The van der Waals surface area contributed by atoms with Crippen LogP contribution in [-0.4, -0.2) is 93.5 Å². The molecule has 0 spiro atoms. The Morgan fingerprint density at radius 1 is 0.852 bits per heavy atom. The molecule has 0 bridgehead atoms. The predicted octanol–water partition coefficient (Wildman–Crippen LogP) is 0.974. The third-order valence-electron chi connectivity index (χ3n) is 8.93. The SMILES string of the molecule is Nc1ncn([C@H]2CC(C[P+](O)(O)OC[C@H]3O[C@@H](n4cnc5c(=O)[nH]c(N)nc54)CC3OC(=O)c3ccccc3)[C@@H](COC(=O)c3ccccc3)O2)c(=O)n1. The number of imidazole rings is 1. The van der Waals surface area contributed by atoms with Gasteiger partial charge in [0, 0.05) is 18.8 Å². The maximum Gasteiger partial charge on any atom is 0.406 e. The number of nitrogens with one attached hydrogen (secondary N) is 1. The maximum absolute atomic E-state index is 13.1. The summed E-state index contributed by atoms with van der Waals surface area (Å²) in [6, 6.07) is 16.5. The van der Waals surface area contributed by atoms with E-state index in [1.165, 1.54) is 10.9 Å². The van der Waals surface area contributed by atoms with Gasteiger partial charge in [-0.05, 0) is 24.3 Å². The molecule has 54 heavy (non-hydrogen) atoms. The lowest BCUT2D eigenvalue weighted by Crippen LogP contribution is -2.32. The van der Waals surface area contributed by atoms with Crippen LogP contribution in [0.3, 0.4) is 0 Å². The third kappa shape index (κ3) is 8.13. The normalized spacial score (nSPS) is 22.7. The minimum atomic E-state index is -4.25. The highest BCUT2D eigenvalue weighted by Crippen LogP contribution is 2.56. The smallest absolute Gasteiger partial charge is 0.406 e. The van der Waals surface area contributed by atoms with Gasteiger partial charge in [-0.1, -0.05) is 36.4 Å². The van der Waals surface area contributed by atoms with Crippen LogP contribution in [0.25, 0.3) is 11.2 Å². The molecule has 5 aromatic rings. The van der Waals surface area contributed by atoms with Crippen LogP contribution in [0.5, 0.6) is 0 Å². The van der Waals surface area contributed by atoms with Gasteiger partial charge in [0.05, 0.1) is 17.5 Å². The average Bonchev–Trinajstić information content (AvgIpc) is 3.87. The van der Waals surface area contributed by atoms with Crippen LogP contribution < -0.4 is 22.7 Å². The molecule has 2 aliphatic rings. The fourth-order valence-corrected chi connectivity index (χ4v) is 7.81. The van der Waals surface area contributed by atoms with E-state index < -0.39 is 74.4 Å². The first kappa shape index (κ1) is 36.7. The molecule has 0 aliphatic carbocycles. The van der Waals surface area contributed by atoms with Crippen LogP contribution in [0, 0.1) is 5.92 Å². The van der Waals surface area contributed by atoms with Crippen molar-refractivity contribution in [2.45, 2.75) is 43.6 Å². The van der Waals surface area contributed by atoms with Crippen LogP contribution in [0.2, 0.25) is 0 Å². The number of ether oxygens (including phenoxy) is 4. The Labute approximate surface area is 305 Å². The lowest BCUT2D eigenvalue weighted by atomic mass is 10.0. The number of carbonyl (C=O) groups excluding carboxylic acids is 2. The number of benzene rings is 2. The number of rotatable bonds is 12. The molecule has 0 radical (unpaired) electrons. The monoisotopic (exact) mass is 764 g/mol. The summed E-state index contributed by atoms with van der Waals surface area (Å²) in [6.07, 6.45) is -2.47. The van der Waals surface area contributed by atoms with Crippen LogP contribution >= 0.6 is 7.94 Å². The molecule has 7 rings (SSSR count). The summed E-state index contributed by atoms with van der Waals surface area (Å²) in [5.74, 6) is -2.36. The number of hydrogen-bond acceptors (Lipinski definition) is 17. The van der Waals surface area contributed by atoms with E-state index in [4.69, 9.17) is 34.9 Å². The Morgan fingerprint density at radius 3 is 2.20 bits per heavy atom. The summed E-state index contributed by atoms with van der Waals surface area (Å²) >= 11 is 0. The predicted molar refractivity (Wildman–Crippen MR) is 188 cm³/mol. The third-order valence-corrected chi connectivity index (χ3v) is 10.4. The first-order chi connectivity index (χ1) is 25.9. The average molecular weight is 765 g/mol. The molecule has 7 N–H and O–H groups in total. The van der Waals surface area contributed by atoms with Crippen molar-refractivity contribution in [2.24, 2.45) is 5.92 Å². The van der Waals surface area contributed by atoms with Gasteiger partial charge in [0.2, 0.25) is 11.9 Å². The summed E-state index contributed by atoms with van der Waals surface area (Å²) in [5, 5.41) is 0. The zero-order valence-electron chi connectivity index (χ0n) is 28.3. The summed E-state index contributed by atoms with van der Waals surface area (Å²) in [6.45, 7) is -0.729. The molecule has 21 heteroatoms. The summed E-state index contributed by atoms with van der Waals surface area (Å²) < 4.78 is 31.9. The van der Waals surface area contributed by atoms with Crippen molar-refractivity contribution >= 4 is 42.9 Å². The van der Waals surface area contributed by atoms with Gasteiger partial charge in [0.25, 0.3) is 5.56 Å². The molecule has 2 saturated heterocycles. The molecular weight excluding hydrogens is 729 g/mol. The van der Waals surface area contributed by atoms with Gasteiger partial charge in [-0.25, -0.2) is 24.4 Å². The minimum Gasteiger partial charge on any atom is -0.459 e. The van der Waals surface area contributed by atoms with Crippen LogP contribution in [-0.2, 0) is 23.5 Å². The summed E-state index contributed by atoms with van der Waals surface area (Å²) in [4.78, 5) is 91.6. The number of nitrogen functional groups attached to an aromatic ring is 2. The largest absolute Gasteiger partial charge is 0.459 e. The van der Waals surface area contributed by atoms with Crippen LogP contribution in [0.4, 0.5) is 11.9 Å². The minimum absolute atomic E-state index is 0.00914. The van der Waals surface area contributed by atoms with Crippen molar-refractivity contribution in [1.82, 2.24) is 34.1 Å². The molecule has 2 unspecified atom stereocenters. The standard InChI is InChI=1S/C33H34N9O11P/c34-31-37-17-42(33(46)40-31)24-11-20(22(51-24)13-49-29(44)18-7-3-1-4-8-18)15-54(47,48)50-14-23-21(53-30(45)19-9-5-2-6-10-19)12-25(52-23)41-16-36-26-27(41)38-32(35)39-28(26)43/h1-10,16-17,20-25,47-48H,11-15H2,(H4-,34,35,38,39,40,43,46)/p+1/t20?,21?,22-,23-,24-,25-/m1/s1. The van der Waals surface area contributed by atoms with E-state index in [2.05, 4.69) is 24.9 Å². The van der Waals surface area contributed by atoms with Gasteiger partial charge >= 0.3 is 25.6 Å². The Balaban J connectivity index is 1.08. The number of esters is 2. The Hall–Kier alpha value is -5.63. The van der Waals surface area contributed by atoms with Gasteiger partial charge in [-0.3, -0.25) is 18.9 Å². The quantitative estimate of drug-likeness (QED) is 0.0874. The Bertz CT molecular complexity index is 2250. The van der Waals surface area contributed by atoms with E-state index in [-0.39, 0.29) is 54.2 Å². The second kappa shape index (κ2) is 15.4. The fraction of sp³-hybridized carbons (Fsp3) is 0.333. The number of aromatic nitrogens is 7. The van der Waals surface area contributed by atoms with Gasteiger partial charge in [0.15, 0.2) is 11.2 Å². The molecule has 0 saturated carbocycles. The molecule has 2 aliphatic heterocycles. The van der Waals surface area contributed by atoms with Crippen molar-refractivity contribution in [2.75, 3.05) is 30.8 Å². The molecule has 6 atom stereocenters.